The molecular weight excluding hydrogens is 422 g/mol. The Hall–Kier alpha value is -3.73. The third-order valence-corrected chi connectivity index (χ3v) is 6.28. The molecule has 1 amide bonds. The van der Waals surface area contributed by atoms with Crippen LogP contribution < -0.4 is 19.4 Å². The van der Waals surface area contributed by atoms with Crippen LogP contribution in [0.3, 0.4) is 0 Å². The van der Waals surface area contributed by atoms with Crippen LogP contribution in [0.1, 0.15) is 33.3 Å². The maximum absolute atomic E-state index is 13.5. The lowest BCUT2D eigenvalue weighted by molar-refractivity contribution is -0.113. The van der Waals surface area contributed by atoms with E-state index in [1.807, 2.05) is 60.7 Å². The molecule has 176 valence electrons. The van der Waals surface area contributed by atoms with Crippen molar-refractivity contribution in [2.24, 2.45) is 0 Å². The zero-order valence-corrected chi connectivity index (χ0v) is 20.5. The van der Waals surface area contributed by atoms with Gasteiger partial charge < -0.3 is 14.5 Å². The number of ether oxygens (including phenoxy) is 1. The largest absolute Gasteiger partial charge is 0.453 e. The quantitative estimate of drug-likeness (QED) is 0.348. The van der Waals surface area contributed by atoms with E-state index >= 15 is 0 Å². The Morgan fingerprint density at radius 1 is 0.765 bits per heavy atom. The minimum Gasteiger partial charge on any atom is -0.453 e. The van der Waals surface area contributed by atoms with Crippen LogP contribution in [-0.4, -0.2) is 32.1 Å². The van der Waals surface area contributed by atoms with Crippen molar-refractivity contribution in [2.75, 3.05) is 40.9 Å². The fourth-order valence-electron chi connectivity index (χ4n) is 4.40. The number of hydrogen-bond donors (Lipinski definition) is 0. The van der Waals surface area contributed by atoms with E-state index in [-0.39, 0.29) is 5.91 Å². The highest BCUT2D eigenvalue weighted by molar-refractivity contribution is 6.11. The van der Waals surface area contributed by atoms with Gasteiger partial charge in [0, 0.05) is 55.8 Å². The molecule has 1 aliphatic heterocycles. The molecule has 0 aromatic heterocycles. The molecule has 0 aliphatic carbocycles. The van der Waals surface area contributed by atoms with E-state index in [1.54, 1.807) is 11.0 Å². The second-order valence-electron chi connectivity index (χ2n) is 8.17. The summed E-state index contributed by atoms with van der Waals surface area (Å²) >= 11 is 0. The normalized spacial score (nSPS) is 12.2. The van der Waals surface area contributed by atoms with Crippen LogP contribution in [0.25, 0.3) is 6.08 Å². The number of anilines is 4. The van der Waals surface area contributed by atoms with Gasteiger partial charge in [-0.1, -0.05) is 30.3 Å². The number of carbonyl (C=O) groups is 1. The summed E-state index contributed by atoms with van der Waals surface area (Å²) in [6, 6.07) is 22.0. The van der Waals surface area contributed by atoms with Crippen LogP contribution in [0, 0.1) is 0 Å². The summed E-state index contributed by atoms with van der Waals surface area (Å²) in [7, 11) is 0. The first-order valence-corrected chi connectivity index (χ1v) is 12.1. The predicted octanol–water partition coefficient (Wildman–Crippen LogP) is 6.86. The number of amides is 1. The molecule has 0 spiro atoms. The van der Waals surface area contributed by atoms with Crippen molar-refractivity contribution in [3.05, 3.63) is 78.4 Å². The number of fused-ring (bicyclic) bond motifs is 2. The molecule has 0 atom stereocenters. The van der Waals surface area contributed by atoms with Crippen LogP contribution >= 0.6 is 0 Å². The summed E-state index contributed by atoms with van der Waals surface area (Å²) in [5, 5.41) is 0. The summed E-state index contributed by atoms with van der Waals surface area (Å²) in [6.07, 6.45) is 3.48. The highest BCUT2D eigenvalue weighted by Gasteiger charge is 2.29. The number of nitrogens with zero attached hydrogens (tertiary/aromatic N) is 3. The van der Waals surface area contributed by atoms with Crippen molar-refractivity contribution < 1.29 is 9.53 Å². The Kier molecular flexibility index (Phi) is 7.21. The lowest BCUT2D eigenvalue weighted by Crippen LogP contribution is -2.28. The van der Waals surface area contributed by atoms with E-state index < -0.39 is 0 Å². The lowest BCUT2D eigenvalue weighted by Gasteiger charge is -2.33. The number of rotatable bonds is 8. The van der Waals surface area contributed by atoms with Crippen LogP contribution in [0.5, 0.6) is 11.5 Å². The molecule has 4 rings (SSSR count). The van der Waals surface area contributed by atoms with E-state index in [4.69, 9.17) is 4.74 Å². The smallest absolute Gasteiger partial charge is 0.255 e. The highest BCUT2D eigenvalue weighted by atomic mass is 16.5. The topological polar surface area (TPSA) is 36.0 Å². The summed E-state index contributed by atoms with van der Waals surface area (Å²) in [4.78, 5) is 19.8. The van der Waals surface area contributed by atoms with Crippen LogP contribution in [0.2, 0.25) is 0 Å². The molecule has 3 aromatic rings. The molecule has 0 bridgehead atoms. The highest BCUT2D eigenvalue weighted by Crippen LogP contribution is 2.49. The van der Waals surface area contributed by atoms with Gasteiger partial charge in [-0.3, -0.25) is 9.69 Å². The molecule has 5 heteroatoms. The molecule has 0 saturated carbocycles. The molecule has 34 heavy (non-hydrogen) atoms. The van der Waals surface area contributed by atoms with Gasteiger partial charge in [0.2, 0.25) is 0 Å². The van der Waals surface area contributed by atoms with E-state index in [9.17, 15) is 4.79 Å². The van der Waals surface area contributed by atoms with Gasteiger partial charge in [0.15, 0.2) is 11.5 Å². The number of benzene rings is 3. The van der Waals surface area contributed by atoms with Gasteiger partial charge >= 0.3 is 0 Å². The van der Waals surface area contributed by atoms with Crippen LogP contribution in [-0.2, 0) is 4.79 Å². The van der Waals surface area contributed by atoms with Gasteiger partial charge in [-0.15, -0.1) is 0 Å². The first kappa shape index (κ1) is 23.4. The van der Waals surface area contributed by atoms with Gasteiger partial charge in [0.05, 0.1) is 11.4 Å². The molecule has 0 radical (unpaired) electrons. The first-order valence-electron chi connectivity index (χ1n) is 12.1. The zero-order valence-electron chi connectivity index (χ0n) is 20.5. The van der Waals surface area contributed by atoms with Gasteiger partial charge in [-0.25, -0.2) is 0 Å². The van der Waals surface area contributed by atoms with Gasteiger partial charge in [0.25, 0.3) is 5.91 Å². The third kappa shape index (κ3) is 4.65. The number of hydrogen-bond acceptors (Lipinski definition) is 4. The molecule has 0 fully saturated rings. The number of carbonyl (C=O) groups excluding carboxylic acids is 1. The van der Waals surface area contributed by atoms with Gasteiger partial charge in [0.1, 0.15) is 0 Å². The monoisotopic (exact) mass is 455 g/mol. The Balaban J connectivity index is 1.78. The SMILES string of the molecule is CCN(CC)c1ccc2c(c1)Oc1cc(N(CC)CC)ccc1N2C(=O)C=Cc1ccccc1. The van der Waals surface area contributed by atoms with Crippen molar-refractivity contribution in [1.82, 2.24) is 0 Å². The summed E-state index contributed by atoms with van der Waals surface area (Å²) in [5.74, 6) is 1.27. The summed E-state index contributed by atoms with van der Waals surface area (Å²) in [6.45, 7) is 12.2. The standard InChI is InChI=1S/C29H33N3O2/c1-5-30(6-2)23-15-17-25-27(20-23)34-28-21-24(31(7-3)8-4)16-18-26(28)32(25)29(33)19-14-22-12-10-9-11-13-22/h9-21H,5-8H2,1-4H3. The van der Waals surface area contributed by atoms with Crippen molar-refractivity contribution in [3.63, 3.8) is 0 Å². The first-order chi connectivity index (χ1) is 16.6. The van der Waals surface area contributed by atoms with Crippen LogP contribution in [0.4, 0.5) is 22.7 Å². The molecule has 1 heterocycles. The molecular formula is C29H33N3O2. The van der Waals surface area contributed by atoms with Crippen LogP contribution in [0.15, 0.2) is 72.8 Å². The molecule has 1 aliphatic rings. The average molecular weight is 456 g/mol. The summed E-state index contributed by atoms with van der Waals surface area (Å²) < 4.78 is 6.41. The maximum atomic E-state index is 13.5. The Morgan fingerprint density at radius 3 is 1.74 bits per heavy atom. The molecule has 0 unspecified atom stereocenters. The second kappa shape index (κ2) is 10.5. The van der Waals surface area contributed by atoms with E-state index in [0.717, 1.165) is 54.5 Å². The minimum absolute atomic E-state index is 0.110. The van der Waals surface area contributed by atoms with E-state index in [0.29, 0.717) is 11.5 Å². The average Bonchev–Trinajstić information content (AvgIpc) is 2.87. The second-order valence-corrected chi connectivity index (χ2v) is 8.17. The Bertz CT molecular complexity index is 1100. The van der Waals surface area contributed by atoms with Crippen molar-refractivity contribution in [2.45, 2.75) is 27.7 Å². The molecule has 0 saturated heterocycles. The predicted molar refractivity (Wildman–Crippen MR) is 143 cm³/mol. The Morgan fingerprint density at radius 2 is 1.26 bits per heavy atom. The molecule has 0 N–H and O–H groups in total. The van der Waals surface area contributed by atoms with Gasteiger partial charge in [-0.05, 0) is 63.6 Å². The summed E-state index contributed by atoms with van der Waals surface area (Å²) in [5.41, 5.74) is 4.65. The van der Waals surface area contributed by atoms with Crippen molar-refractivity contribution >= 4 is 34.7 Å². The van der Waals surface area contributed by atoms with E-state index in [1.165, 1.54) is 0 Å². The Labute approximate surface area is 202 Å². The van der Waals surface area contributed by atoms with E-state index in [2.05, 4.69) is 49.6 Å². The minimum atomic E-state index is -0.110. The van der Waals surface area contributed by atoms with Crippen molar-refractivity contribution in [1.29, 1.82) is 0 Å². The maximum Gasteiger partial charge on any atom is 0.255 e. The molecule has 3 aromatic carbocycles. The zero-order chi connectivity index (χ0) is 24.1. The molecule has 5 nitrogen and oxygen atoms in total. The fraction of sp³-hybridized carbons (Fsp3) is 0.276. The third-order valence-electron chi connectivity index (χ3n) is 6.28. The van der Waals surface area contributed by atoms with Gasteiger partial charge in [-0.2, -0.15) is 0 Å². The van der Waals surface area contributed by atoms with Crippen molar-refractivity contribution in [3.8, 4) is 11.5 Å². The fourth-order valence-corrected chi connectivity index (χ4v) is 4.40. The lowest BCUT2D eigenvalue weighted by atomic mass is 10.1.